The average Bonchev–Trinajstić information content (AvgIpc) is 3.05. The number of carbonyl (C=O) groups is 1. The minimum absolute atomic E-state index is 0.147. The van der Waals surface area contributed by atoms with E-state index in [1.807, 2.05) is 31.2 Å². The SMILES string of the molecule is Cc1ccccc1CNC(=O)c1ccc(Sc2nncn2C)c([N+](=O)[O-])c1. The van der Waals surface area contributed by atoms with Crippen LogP contribution in [0.1, 0.15) is 21.5 Å². The molecule has 3 aromatic rings. The number of hydrogen-bond donors (Lipinski definition) is 1. The summed E-state index contributed by atoms with van der Waals surface area (Å²) in [5, 5.41) is 22.4. The van der Waals surface area contributed by atoms with Crippen LogP contribution in [0.2, 0.25) is 0 Å². The highest BCUT2D eigenvalue weighted by Gasteiger charge is 2.20. The lowest BCUT2D eigenvalue weighted by molar-refractivity contribution is -0.387. The number of nitrogens with zero attached hydrogens (tertiary/aromatic N) is 4. The topological polar surface area (TPSA) is 103 Å². The second kappa shape index (κ2) is 8.00. The Morgan fingerprint density at radius 2 is 2.07 bits per heavy atom. The summed E-state index contributed by atoms with van der Waals surface area (Å²) in [7, 11) is 1.75. The lowest BCUT2D eigenvalue weighted by Crippen LogP contribution is -2.23. The van der Waals surface area contributed by atoms with Gasteiger partial charge in [0.2, 0.25) is 0 Å². The molecule has 9 heteroatoms. The molecule has 0 aliphatic carbocycles. The first-order valence-electron chi connectivity index (χ1n) is 8.08. The molecule has 1 aromatic heterocycles. The molecule has 0 bridgehead atoms. The molecular formula is C18H17N5O3S. The maximum Gasteiger partial charge on any atom is 0.284 e. The Morgan fingerprint density at radius 3 is 2.74 bits per heavy atom. The van der Waals surface area contributed by atoms with Gasteiger partial charge < -0.3 is 9.88 Å². The molecule has 0 unspecified atom stereocenters. The van der Waals surface area contributed by atoms with Crippen LogP contribution < -0.4 is 5.32 Å². The Morgan fingerprint density at radius 1 is 1.30 bits per heavy atom. The maximum atomic E-state index is 12.4. The highest BCUT2D eigenvalue weighted by Crippen LogP contribution is 2.34. The summed E-state index contributed by atoms with van der Waals surface area (Å²) in [5.41, 5.74) is 2.15. The molecule has 8 nitrogen and oxygen atoms in total. The Bertz CT molecular complexity index is 1000. The third kappa shape index (κ3) is 4.32. The highest BCUT2D eigenvalue weighted by atomic mass is 32.2. The number of aromatic nitrogens is 3. The van der Waals surface area contributed by atoms with Gasteiger partial charge in [-0.25, -0.2) is 0 Å². The van der Waals surface area contributed by atoms with E-state index in [2.05, 4.69) is 15.5 Å². The van der Waals surface area contributed by atoms with Crippen molar-refractivity contribution in [2.75, 3.05) is 0 Å². The third-order valence-corrected chi connectivity index (χ3v) is 5.11. The summed E-state index contributed by atoms with van der Waals surface area (Å²) in [6.07, 6.45) is 1.52. The van der Waals surface area contributed by atoms with E-state index in [0.29, 0.717) is 16.6 Å². The van der Waals surface area contributed by atoms with Gasteiger partial charge in [0.15, 0.2) is 5.16 Å². The molecule has 2 aromatic carbocycles. The first kappa shape index (κ1) is 18.6. The van der Waals surface area contributed by atoms with Gasteiger partial charge in [0.05, 0.1) is 9.82 Å². The minimum atomic E-state index is -0.503. The fraction of sp³-hybridized carbons (Fsp3) is 0.167. The lowest BCUT2D eigenvalue weighted by Gasteiger charge is -2.09. The Hall–Kier alpha value is -3.20. The first-order valence-corrected chi connectivity index (χ1v) is 8.90. The third-order valence-electron chi connectivity index (χ3n) is 3.99. The van der Waals surface area contributed by atoms with Gasteiger partial charge in [0.1, 0.15) is 6.33 Å². The summed E-state index contributed by atoms with van der Waals surface area (Å²) in [5.74, 6) is -0.364. The van der Waals surface area contributed by atoms with E-state index >= 15 is 0 Å². The molecule has 1 N–H and O–H groups in total. The van der Waals surface area contributed by atoms with Crippen molar-refractivity contribution in [3.63, 3.8) is 0 Å². The Balaban J connectivity index is 1.79. The van der Waals surface area contributed by atoms with Crippen LogP contribution in [0.3, 0.4) is 0 Å². The second-order valence-corrected chi connectivity index (χ2v) is 6.88. The molecule has 3 rings (SSSR count). The van der Waals surface area contributed by atoms with E-state index in [0.717, 1.165) is 22.9 Å². The van der Waals surface area contributed by atoms with Crippen LogP contribution in [-0.4, -0.2) is 25.6 Å². The van der Waals surface area contributed by atoms with Gasteiger partial charge in [-0.15, -0.1) is 10.2 Å². The van der Waals surface area contributed by atoms with Gasteiger partial charge in [0, 0.05) is 25.2 Å². The van der Waals surface area contributed by atoms with Crippen molar-refractivity contribution in [2.24, 2.45) is 7.05 Å². The Kier molecular flexibility index (Phi) is 5.51. The van der Waals surface area contributed by atoms with Gasteiger partial charge in [-0.05, 0) is 41.9 Å². The van der Waals surface area contributed by atoms with E-state index in [9.17, 15) is 14.9 Å². The molecule has 0 aliphatic heterocycles. The molecule has 0 aliphatic rings. The zero-order valence-corrected chi connectivity index (χ0v) is 15.6. The molecule has 0 saturated heterocycles. The molecule has 138 valence electrons. The van der Waals surface area contributed by atoms with Crippen molar-refractivity contribution in [1.82, 2.24) is 20.1 Å². The number of carbonyl (C=O) groups excluding carboxylic acids is 1. The van der Waals surface area contributed by atoms with Crippen molar-refractivity contribution in [3.05, 3.63) is 75.6 Å². The van der Waals surface area contributed by atoms with Crippen LogP contribution in [0.15, 0.2) is 58.8 Å². The van der Waals surface area contributed by atoms with E-state index in [1.54, 1.807) is 23.7 Å². The summed E-state index contributed by atoms with van der Waals surface area (Å²) in [6.45, 7) is 2.32. The molecule has 0 spiro atoms. The predicted molar refractivity (Wildman–Crippen MR) is 101 cm³/mol. The standard InChI is InChI=1S/C18H17N5O3S/c1-12-5-3-4-6-14(12)10-19-17(24)13-7-8-16(15(9-13)23(25)26)27-18-21-20-11-22(18)2/h3-9,11H,10H2,1-2H3,(H,19,24). The van der Waals surface area contributed by atoms with Crippen molar-refractivity contribution < 1.29 is 9.72 Å². The summed E-state index contributed by atoms with van der Waals surface area (Å²) in [4.78, 5) is 23.8. The molecule has 1 heterocycles. The van der Waals surface area contributed by atoms with Crippen molar-refractivity contribution in [3.8, 4) is 0 Å². The number of nitro groups is 1. The fourth-order valence-corrected chi connectivity index (χ4v) is 3.29. The molecule has 1 amide bonds. The quantitative estimate of drug-likeness (QED) is 0.518. The monoisotopic (exact) mass is 383 g/mol. The van der Waals surface area contributed by atoms with Crippen molar-refractivity contribution in [2.45, 2.75) is 23.5 Å². The average molecular weight is 383 g/mol. The van der Waals surface area contributed by atoms with E-state index in [4.69, 9.17) is 0 Å². The van der Waals surface area contributed by atoms with Crippen LogP contribution in [0.5, 0.6) is 0 Å². The predicted octanol–water partition coefficient (Wildman–Crippen LogP) is 3.11. The van der Waals surface area contributed by atoms with Crippen molar-refractivity contribution in [1.29, 1.82) is 0 Å². The second-order valence-electron chi connectivity index (χ2n) is 5.88. The fourth-order valence-electron chi connectivity index (χ4n) is 2.44. The molecule has 0 atom stereocenters. The number of nitrogens with one attached hydrogen (secondary N) is 1. The number of aryl methyl sites for hydroxylation is 2. The molecule has 0 radical (unpaired) electrons. The number of benzene rings is 2. The molecule has 0 saturated carbocycles. The first-order chi connectivity index (χ1) is 13.0. The van der Waals surface area contributed by atoms with E-state index < -0.39 is 4.92 Å². The van der Waals surface area contributed by atoms with Crippen LogP contribution in [0, 0.1) is 17.0 Å². The van der Waals surface area contributed by atoms with E-state index in [-0.39, 0.29) is 17.2 Å². The van der Waals surface area contributed by atoms with Gasteiger partial charge in [-0.2, -0.15) is 0 Å². The molecular weight excluding hydrogens is 366 g/mol. The summed E-state index contributed by atoms with van der Waals surface area (Å²) in [6, 6.07) is 12.1. The molecule has 0 fully saturated rings. The Labute approximate surface area is 159 Å². The van der Waals surface area contributed by atoms with Crippen LogP contribution >= 0.6 is 11.8 Å². The lowest BCUT2D eigenvalue weighted by atomic mass is 10.1. The van der Waals surface area contributed by atoms with Gasteiger partial charge in [-0.1, -0.05) is 24.3 Å². The zero-order valence-electron chi connectivity index (χ0n) is 14.7. The normalized spacial score (nSPS) is 10.6. The van der Waals surface area contributed by atoms with Crippen molar-refractivity contribution >= 4 is 23.4 Å². The smallest absolute Gasteiger partial charge is 0.284 e. The van der Waals surface area contributed by atoms with Crippen LogP contribution in [-0.2, 0) is 13.6 Å². The zero-order chi connectivity index (χ0) is 19.4. The van der Waals surface area contributed by atoms with Crippen LogP contribution in [0.4, 0.5) is 5.69 Å². The van der Waals surface area contributed by atoms with Crippen LogP contribution in [0.25, 0.3) is 0 Å². The summed E-state index contributed by atoms with van der Waals surface area (Å²) < 4.78 is 1.66. The summed E-state index contributed by atoms with van der Waals surface area (Å²) >= 11 is 1.12. The molecule has 27 heavy (non-hydrogen) atoms. The van der Waals surface area contributed by atoms with E-state index in [1.165, 1.54) is 12.4 Å². The number of rotatable bonds is 6. The van der Waals surface area contributed by atoms with Gasteiger partial charge >= 0.3 is 0 Å². The largest absolute Gasteiger partial charge is 0.348 e. The number of amides is 1. The number of nitro benzene ring substituents is 1. The minimum Gasteiger partial charge on any atom is -0.348 e. The van der Waals surface area contributed by atoms with Gasteiger partial charge in [-0.3, -0.25) is 14.9 Å². The van der Waals surface area contributed by atoms with Gasteiger partial charge in [0.25, 0.3) is 11.6 Å². The highest BCUT2D eigenvalue weighted by molar-refractivity contribution is 7.99. The number of hydrogen-bond acceptors (Lipinski definition) is 6. The maximum absolute atomic E-state index is 12.4.